The summed E-state index contributed by atoms with van der Waals surface area (Å²) in [5, 5.41) is 20.2. The summed E-state index contributed by atoms with van der Waals surface area (Å²) >= 11 is 0. The van der Waals surface area contributed by atoms with E-state index in [-0.39, 0.29) is 22.7 Å². The molecule has 0 radical (unpaired) electrons. The maximum absolute atomic E-state index is 14.2. The number of aromatic nitrogens is 5. The van der Waals surface area contributed by atoms with Crippen LogP contribution in [0.2, 0.25) is 0 Å². The Labute approximate surface area is 201 Å². The number of fused-ring (bicyclic) bond motifs is 1. The lowest BCUT2D eigenvalue weighted by atomic mass is 9.98. The molecule has 0 bridgehead atoms. The van der Waals surface area contributed by atoms with E-state index in [9.17, 15) is 22.7 Å². The van der Waals surface area contributed by atoms with Gasteiger partial charge in [-0.1, -0.05) is 6.07 Å². The van der Waals surface area contributed by atoms with Gasteiger partial charge in [0.15, 0.2) is 11.4 Å². The number of aryl methyl sites for hydroxylation is 1. The van der Waals surface area contributed by atoms with Crippen molar-refractivity contribution >= 4 is 16.9 Å². The van der Waals surface area contributed by atoms with Gasteiger partial charge in [0.1, 0.15) is 34.7 Å². The molecular weight excluding hydrogens is 480 g/mol. The zero-order valence-corrected chi connectivity index (χ0v) is 18.9. The molecule has 0 aliphatic rings. The number of aliphatic hydroxyl groups excluding tert-OH is 1. The number of aliphatic hydroxyl groups is 1. The van der Waals surface area contributed by atoms with E-state index < -0.39 is 29.7 Å². The van der Waals surface area contributed by atoms with Crippen LogP contribution in [-0.4, -0.2) is 36.9 Å². The predicted molar refractivity (Wildman–Crippen MR) is 123 cm³/mol. The third-order valence-corrected chi connectivity index (χ3v) is 5.58. The summed E-state index contributed by atoms with van der Waals surface area (Å²) in [7, 11) is 3.35. The molecule has 2 N–H and O–H groups in total. The quantitative estimate of drug-likeness (QED) is 0.327. The van der Waals surface area contributed by atoms with E-state index >= 15 is 0 Å². The molecule has 184 valence electrons. The number of rotatable bonds is 5. The van der Waals surface area contributed by atoms with Crippen molar-refractivity contribution in [1.82, 2.24) is 24.7 Å². The van der Waals surface area contributed by atoms with Crippen molar-refractivity contribution in [2.45, 2.75) is 12.8 Å². The van der Waals surface area contributed by atoms with E-state index in [1.807, 2.05) is 0 Å². The molecule has 0 unspecified atom stereocenters. The summed E-state index contributed by atoms with van der Waals surface area (Å²) in [6.45, 7) is -0.589. The number of oxazole rings is 1. The summed E-state index contributed by atoms with van der Waals surface area (Å²) in [6.07, 6.45) is -3.23. The lowest BCUT2D eigenvalue weighted by molar-refractivity contribution is -0.136. The Balaban J connectivity index is 1.71. The first-order chi connectivity index (χ1) is 17.2. The van der Waals surface area contributed by atoms with Gasteiger partial charge in [-0.05, 0) is 53.1 Å². The maximum atomic E-state index is 14.2. The fourth-order valence-corrected chi connectivity index (χ4v) is 3.91. The molecule has 5 rings (SSSR count). The lowest BCUT2D eigenvalue weighted by Crippen LogP contribution is -2.06. The number of benzene rings is 2. The standard InChI is InChI=1S/C24H18F4N6O2/c1-29-20-8-13(15-4-3-14(25)9-16(15)22-33-30-11-34(22)2)7-19(31-20)23-32-18-6-12(10-35)5-17(21(18)36-23)24(26,27)28/h3-9,11,35H,10H2,1-2H3,(H,29,31). The Morgan fingerprint density at radius 3 is 2.53 bits per heavy atom. The zero-order valence-electron chi connectivity index (χ0n) is 18.9. The molecule has 0 aliphatic carbocycles. The van der Waals surface area contributed by atoms with Crippen molar-refractivity contribution in [3.05, 3.63) is 65.7 Å². The minimum Gasteiger partial charge on any atom is -0.434 e. The molecular formula is C24H18F4N6O2. The highest BCUT2D eigenvalue weighted by atomic mass is 19.4. The minimum absolute atomic E-state index is 0.0481. The third-order valence-electron chi connectivity index (χ3n) is 5.58. The van der Waals surface area contributed by atoms with Crippen LogP contribution in [0.15, 0.2) is 53.2 Å². The molecule has 0 amide bonds. The first-order valence-electron chi connectivity index (χ1n) is 10.6. The van der Waals surface area contributed by atoms with Crippen LogP contribution in [0.5, 0.6) is 0 Å². The maximum Gasteiger partial charge on any atom is 0.420 e. The van der Waals surface area contributed by atoms with E-state index in [1.54, 1.807) is 36.9 Å². The van der Waals surface area contributed by atoms with Crippen molar-refractivity contribution in [2.24, 2.45) is 7.05 Å². The Morgan fingerprint density at radius 1 is 1.06 bits per heavy atom. The smallest absolute Gasteiger partial charge is 0.420 e. The summed E-state index contributed by atoms with van der Waals surface area (Å²) < 4.78 is 62.3. The highest BCUT2D eigenvalue weighted by Gasteiger charge is 2.35. The van der Waals surface area contributed by atoms with E-state index in [0.717, 1.165) is 6.07 Å². The van der Waals surface area contributed by atoms with Crippen LogP contribution in [0.3, 0.4) is 0 Å². The number of alkyl halides is 3. The van der Waals surface area contributed by atoms with E-state index in [1.165, 1.54) is 24.5 Å². The Kier molecular flexibility index (Phi) is 5.67. The van der Waals surface area contributed by atoms with Gasteiger partial charge < -0.3 is 19.4 Å². The van der Waals surface area contributed by atoms with Gasteiger partial charge in [-0.15, -0.1) is 10.2 Å². The van der Waals surface area contributed by atoms with E-state index in [4.69, 9.17) is 4.42 Å². The predicted octanol–water partition coefficient (Wildman–Crippen LogP) is 5.04. The van der Waals surface area contributed by atoms with E-state index in [2.05, 4.69) is 25.5 Å². The SMILES string of the molecule is CNc1cc(-c2ccc(F)cc2-c2nncn2C)cc(-c2nc3cc(CO)cc(C(F)(F)F)c3o2)n1. The van der Waals surface area contributed by atoms with Crippen LogP contribution >= 0.6 is 0 Å². The molecule has 3 aromatic heterocycles. The van der Waals surface area contributed by atoms with Gasteiger partial charge in [0.05, 0.1) is 6.61 Å². The van der Waals surface area contributed by atoms with Crippen LogP contribution in [0.4, 0.5) is 23.4 Å². The number of halogens is 4. The molecule has 0 aliphatic heterocycles. The highest BCUT2D eigenvalue weighted by Crippen LogP contribution is 2.39. The van der Waals surface area contributed by atoms with Gasteiger partial charge in [-0.3, -0.25) is 0 Å². The van der Waals surface area contributed by atoms with Gasteiger partial charge in [0.25, 0.3) is 0 Å². The van der Waals surface area contributed by atoms with Crippen LogP contribution in [0.25, 0.3) is 45.2 Å². The summed E-state index contributed by atoms with van der Waals surface area (Å²) in [5.74, 6) is 0.177. The molecule has 0 fully saturated rings. The zero-order chi connectivity index (χ0) is 25.6. The van der Waals surface area contributed by atoms with Crippen LogP contribution in [0, 0.1) is 5.82 Å². The number of nitrogens with zero attached hydrogens (tertiary/aromatic N) is 5. The Hall–Kier alpha value is -4.32. The van der Waals surface area contributed by atoms with Crippen LogP contribution in [0.1, 0.15) is 11.1 Å². The van der Waals surface area contributed by atoms with Crippen LogP contribution in [-0.2, 0) is 19.8 Å². The average molecular weight is 498 g/mol. The largest absolute Gasteiger partial charge is 0.434 e. The van der Waals surface area contributed by atoms with Gasteiger partial charge in [-0.2, -0.15) is 13.2 Å². The molecule has 0 atom stereocenters. The van der Waals surface area contributed by atoms with Crippen molar-refractivity contribution in [1.29, 1.82) is 0 Å². The normalized spacial score (nSPS) is 11.9. The Bertz CT molecular complexity index is 1590. The van der Waals surface area contributed by atoms with Crippen molar-refractivity contribution in [3.8, 4) is 34.1 Å². The second-order valence-corrected chi connectivity index (χ2v) is 8.00. The molecule has 2 aromatic carbocycles. The van der Waals surface area contributed by atoms with Gasteiger partial charge in [0.2, 0.25) is 5.89 Å². The summed E-state index contributed by atoms with van der Waals surface area (Å²) in [5.41, 5.74) is 0.235. The van der Waals surface area contributed by atoms with Crippen LogP contribution < -0.4 is 5.32 Å². The van der Waals surface area contributed by atoms with Gasteiger partial charge in [-0.25, -0.2) is 14.4 Å². The molecule has 5 aromatic rings. The molecule has 0 saturated carbocycles. The topological polar surface area (TPSA) is 102 Å². The number of pyridine rings is 1. The molecule has 36 heavy (non-hydrogen) atoms. The number of hydrogen-bond acceptors (Lipinski definition) is 7. The molecule has 0 saturated heterocycles. The average Bonchev–Trinajstić information content (AvgIpc) is 3.48. The van der Waals surface area contributed by atoms with E-state index in [0.29, 0.717) is 28.3 Å². The second kappa shape index (κ2) is 8.72. The lowest BCUT2D eigenvalue weighted by Gasteiger charge is -2.12. The Morgan fingerprint density at radius 2 is 1.86 bits per heavy atom. The molecule has 8 nitrogen and oxygen atoms in total. The first kappa shape index (κ1) is 23.4. The second-order valence-electron chi connectivity index (χ2n) is 8.00. The van der Waals surface area contributed by atoms with Crippen molar-refractivity contribution < 1.29 is 27.1 Å². The summed E-state index contributed by atoms with van der Waals surface area (Å²) in [4.78, 5) is 8.62. The monoisotopic (exact) mass is 498 g/mol. The fraction of sp³-hybridized carbons (Fsp3) is 0.167. The number of anilines is 1. The fourth-order valence-electron chi connectivity index (χ4n) is 3.91. The minimum atomic E-state index is -4.72. The molecule has 3 heterocycles. The van der Waals surface area contributed by atoms with Crippen molar-refractivity contribution in [3.63, 3.8) is 0 Å². The van der Waals surface area contributed by atoms with Gasteiger partial charge in [0, 0.05) is 19.7 Å². The van der Waals surface area contributed by atoms with Crippen molar-refractivity contribution in [2.75, 3.05) is 12.4 Å². The molecule has 0 spiro atoms. The third kappa shape index (κ3) is 4.15. The number of hydrogen-bond donors (Lipinski definition) is 2. The highest BCUT2D eigenvalue weighted by molar-refractivity contribution is 5.85. The first-order valence-corrected chi connectivity index (χ1v) is 10.6. The number of nitrogens with one attached hydrogen (secondary N) is 1. The summed E-state index contributed by atoms with van der Waals surface area (Å²) in [6, 6.07) is 9.62. The van der Waals surface area contributed by atoms with Gasteiger partial charge >= 0.3 is 6.18 Å². The molecule has 12 heteroatoms.